The number of thioether (sulfide) groups is 1. The van der Waals surface area contributed by atoms with Crippen molar-refractivity contribution < 1.29 is 24.5 Å². The second-order valence-electron chi connectivity index (χ2n) is 3.53. The standard InChI is InChI=1S/C10H21NO5S/c1-15-3-4-16-6-8(12)7-17-5-2-9(11)10(13)14/h8-9,12H,2-7,11H2,1H3,(H,13,14). The maximum atomic E-state index is 10.4. The molecule has 2 atom stereocenters. The summed E-state index contributed by atoms with van der Waals surface area (Å²) in [6.45, 7) is 1.23. The van der Waals surface area contributed by atoms with Crippen LogP contribution in [0.3, 0.4) is 0 Å². The number of aliphatic hydroxyl groups excluding tert-OH is 1. The maximum absolute atomic E-state index is 10.4. The van der Waals surface area contributed by atoms with Gasteiger partial charge in [0.25, 0.3) is 0 Å². The van der Waals surface area contributed by atoms with Crippen LogP contribution in [-0.2, 0) is 14.3 Å². The van der Waals surface area contributed by atoms with E-state index in [9.17, 15) is 9.90 Å². The first-order chi connectivity index (χ1) is 8.07. The predicted molar refractivity (Wildman–Crippen MR) is 66.3 cm³/mol. The lowest BCUT2D eigenvalue weighted by Gasteiger charge is -2.11. The van der Waals surface area contributed by atoms with Crippen LogP contribution in [0.5, 0.6) is 0 Å². The van der Waals surface area contributed by atoms with Gasteiger partial charge in [0, 0.05) is 12.9 Å². The second kappa shape index (κ2) is 10.8. The molecule has 0 aliphatic heterocycles. The number of carboxylic acid groups (broad SMARTS) is 1. The summed E-state index contributed by atoms with van der Waals surface area (Å²) in [6, 6.07) is -0.822. The zero-order chi connectivity index (χ0) is 13.1. The first-order valence-electron chi connectivity index (χ1n) is 5.38. The zero-order valence-corrected chi connectivity index (χ0v) is 10.8. The van der Waals surface area contributed by atoms with E-state index in [-0.39, 0.29) is 6.61 Å². The topological polar surface area (TPSA) is 102 Å². The number of carbonyl (C=O) groups is 1. The molecule has 0 bridgehead atoms. The summed E-state index contributed by atoms with van der Waals surface area (Å²) in [5.41, 5.74) is 5.33. The summed E-state index contributed by atoms with van der Waals surface area (Å²) in [6.07, 6.45) is -0.144. The van der Waals surface area contributed by atoms with Crippen molar-refractivity contribution in [2.75, 3.05) is 38.4 Å². The van der Waals surface area contributed by atoms with E-state index in [1.807, 2.05) is 0 Å². The summed E-state index contributed by atoms with van der Waals surface area (Å²) >= 11 is 1.47. The van der Waals surface area contributed by atoms with E-state index in [1.54, 1.807) is 7.11 Å². The fraction of sp³-hybridized carbons (Fsp3) is 0.900. The molecule has 0 saturated carbocycles. The van der Waals surface area contributed by atoms with E-state index >= 15 is 0 Å². The Morgan fingerprint density at radius 1 is 1.47 bits per heavy atom. The van der Waals surface area contributed by atoms with Crippen LogP contribution in [-0.4, -0.2) is 66.8 Å². The largest absolute Gasteiger partial charge is 0.480 e. The molecule has 0 fully saturated rings. The Labute approximate surface area is 105 Å². The third-order valence-corrected chi connectivity index (χ3v) is 3.09. The van der Waals surface area contributed by atoms with Gasteiger partial charge in [0.1, 0.15) is 6.04 Å². The van der Waals surface area contributed by atoms with Crippen molar-refractivity contribution in [3.8, 4) is 0 Å². The molecule has 4 N–H and O–H groups in total. The number of carboxylic acids is 1. The number of hydrogen-bond acceptors (Lipinski definition) is 6. The number of aliphatic carboxylic acids is 1. The lowest BCUT2D eigenvalue weighted by atomic mass is 10.2. The van der Waals surface area contributed by atoms with Crippen molar-refractivity contribution in [1.82, 2.24) is 0 Å². The fourth-order valence-electron chi connectivity index (χ4n) is 0.963. The van der Waals surface area contributed by atoms with Crippen molar-refractivity contribution in [2.45, 2.75) is 18.6 Å². The van der Waals surface area contributed by atoms with Gasteiger partial charge in [0.2, 0.25) is 0 Å². The molecule has 0 radical (unpaired) electrons. The molecule has 0 rings (SSSR count). The summed E-state index contributed by atoms with van der Waals surface area (Å²) in [5, 5.41) is 18.0. The van der Waals surface area contributed by atoms with Crippen LogP contribution >= 0.6 is 11.8 Å². The van der Waals surface area contributed by atoms with Gasteiger partial charge < -0.3 is 25.4 Å². The van der Waals surface area contributed by atoms with Crippen LogP contribution in [0.1, 0.15) is 6.42 Å². The molecular formula is C10H21NO5S. The van der Waals surface area contributed by atoms with Crippen LogP contribution in [0.25, 0.3) is 0 Å². The number of methoxy groups -OCH3 is 1. The van der Waals surface area contributed by atoms with Crippen LogP contribution in [0.2, 0.25) is 0 Å². The van der Waals surface area contributed by atoms with Gasteiger partial charge in [-0.3, -0.25) is 4.79 Å². The van der Waals surface area contributed by atoms with Crippen molar-refractivity contribution in [3.63, 3.8) is 0 Å². The van der Waals surface area contributed by atoms with E-state index in [0.717, 1.165) is 0 Å². The minimum Gasteiger partial charge on any atom is -0.480 e. The van der Waals surface area contributed by atoms with E-state index in [1.165, 1.54) is 11.8 Å². The lowest BCUT2D eigenvalue weighted by Crippen LogP contribution is -2.30. The number of rotatable bonds is 11. The van der Waals surface area contributed by atoms with Gasteiger partial charge in [-0.15, -0.1) is 0 Å². The van der Waals surface area contributed by atoms with E-state index < -0.39 is 18.1 Å². The van der Waals surface area contributed by atoms with Gasteiger partial charge >= 0.3 is 5.97 Å². The quantitative estimate of drug-likeness (QED) is 0.436. The fourth-order valence-corrected chi connectivity index (χ4v) is 1.92. The normalized spacial score (nSPS) is 14.5. The molecule has 0 aliphatic rings. The van der Waals surface area contributed by atoms with Crippen molar-refractivity contribution in [2.24, 2.45) is 5.73 Å². The first-order valence-corrected chi connectivity index (χ1v) is 6.54. The van der Waals surface area contributed by atoms with Crippen molar-refractivity contribution in [1.29, 1.82) is 0 Å². The highest BCUT2D eigenvalue weighted by Crippen LogP contribution is 2.06. The minimum absolute atomic E-state index is 0.265. The third kappa shape index (κ3) is 10.5. The Bertz CT molecular complexity index is 205. The Kier molecular flexibility index (Phi) is 10.6. The molecule has 0 aromatic heterocycles. The van der Waals surface area contributed by atoms with Crippen LogP contribution in [0.15, 0.2) is 0 Å². The molecule has 0 aromatic rings. The molecule has 7 heteroatoms. The number of nitrogens with two attached hydrogens (primary N) is 1. The number of aliphatic hydroxyl groups is 1. The summed E-state index contributed by atoms with van der Waals surface area (Å²) in [4.78, 5) is 10.4. The van der Waals surface area contributed by atoms with Crippen molar-refractivity contribution >= 4 is 17.7 Å². The van der Waals surface area contributed by atoms with E-state index in [0.29, 0.717) is 31.1 Å². The monoisotopic (exact) mass is 267 g/mol. The van der Waals surface area contributed by atoms with Crippen LogP contribution < -0.4 is 5.73 Å². The van der Waals surface area contributed by atoms with E-state index in [2.05, 4.69) is 0 Å². The first kappa shape index (κ1) is 16.7. The predicted octanol–water partition coefficient (Wildman–Crippen LogP) is -0.454. The summed E-state index contributed by atoms with van der Waals surface area (Å²) < 4.78 is 9.93. The molecule has 0 spiro atoms. The Balaban J connectivity index is 3.32. The molecule has 0 amide bonds. The van der Waals surface area contributed by atoms with Gasteiger partial charge in [0.15, 0.2) is 0 Å². The third-order valence-electron chi connectivity index (χ3n) is 1.94. The molecule has 6 nitrogen and oxygen atoms in total. The molecule has 0 aliphatic carbocycles. The molecule has 2 unspecified atom stereocenters. The van der Waals surface area contributed by atoms with Gasteiger partial charge in [-0.25, -0.2) is 0 Å². The molecule has 0 aromatic carbocycles. The minimum atomic E-state index is -0.992. The van der Waals surface area contributed by atoms with Gasteiger partial charge in [-0.2, -0.15) is 11.8 Å². The molecule has 17 heavy (non-hydrogen) atoms. The smallest absolute Gasteiger partial charge is 0.320 e. The average molecular weight is 267 g/mol. The SMILES string of the molecule is COCCOCC(O)CSCCC(N)C(=O)O. The van der Waals surface area contributed by atoms with Crippen LogP contribution in [0, 0.1) is 0 Å². The molecule has 0 saturated heterocycles. The average Bonchev–Trinajstić information content (AvgIpc) is 2.29. The second-order valence-corrected chi connectivity index (χ2v) is 4.68. The Morgan fingerprint density at radius 3 is 2.76 bits per heavy atom. The zero-order valence-electron chi connectivity index (χ0n) is 10.0. The van der Waals surface area contributed by atoms with Gasteiger partial charge in [0.05, 0.1) is 25.9 Å². The highest BCUT2D eigenvalue weighted by molar-refractivity contribution is 7.99. The van der Waals surface area contributed by atoms with Crippen molar-refractivity contribution in [3.05, 3.63) is 0 Å². The molecular weight excluding hydrogens is 246 g/mol. The number of ether oxygens (including phenoxy) is 2. The highest BCUT2D eigenvalue weighted by Gasteiger charge is 2.11. The Morgan fingerprint density at radius 2 is 2.18 bits per heavy atom. The number of hydrogen-bond donors (Lipinski definition) is 3. The van der Waals surface area contributed by atoms with Crippen LogP contribution in [0.4, 0.5) is 0 Å². The molecule has 0 heterocycles. The van der Waals surface area contributed by atoms with E-state index in [4.69, 9.17) is 20.3 Å². The molecule has 102 valence electrons. The van der Waals surface area contributed by atoms with Gasteiger partial charge in [-0.05, 0) is 12.2 Å². The maximum Gasteiger partial charge on any atom is 0.320 e. The Hall–Kier alpha value is -0.340. The summed E-state index contributed by atoms with van der Waals surface area (Å²) in [5.74, 6) is 0.135. The summed E-state index contributed by atoms with van der Waals surface area (Å²) in [7, 11) is 1.58. The van der Waals surface area contributed by atoms with Gasteiger partial charge in [-0.1, -0.05) is 0 Å². The lowest BCUT2D eigenvalue weighted by molar-refractivity contribution is -0.138. The highest BCUT2D eigenvalue weighted by atomic mass is 32.2.